The second-order valence-electron chi connectivity index (χ2n) is 6.65. The van der Waals surface area contributed by atoms with Gasteiger partial charge in [0, 0.05) is 36.9 Å². The van der Waals surface area contributed by atoms with Crippen LogP contribution in [0, 0.1) is 6.92 Å². The normalized spacial score (nSPS) is 19.5. The molecule has 1 fully saturated rings. The van der Waals surface area contributed by atoms with Gasteiger partial charge in [-0.05, 0) is 52.5 Å². The molecule has 2 aliphatic rings. The van der Waals surface area contributed by atoms with E-state index in [1.54, 1.807) is 0 Å². The standard InChI is InChI=1S/C17H28N4O/c1-13-18-16-6-4-3-5-15(16)17(19-13)21-9-7-14(8-10-21)20(2)11-12-22/h14,22H,3-12H2,1-2H3. The second-order valence-corrected chi connectivity index (χ2v) is 6.65. The van der Waals surface area contributed by atoms with E-state index in [4.69, 9.17) is 10.1 Å². The highest BCUT2D eigenvalue weighted by Gasteiger charge is 2.26. The van der Waals surface area contributed by atoms with Crippen LogP contribution in [0.1, 0.15) is 42.8 Å². The second kappa shape index (κ2) is 6.92. The fourth-order valence-corrected chi connectivity index (χ4v) is 3.82. The summed E-state index contributed by atoms with van der Waals surface area (Å²) < 4.78 is 0. The number of hydrogen-bond acceptors (Lipinski definition) is 5. The molecule has 5 nitrogen and oxygen atoms in total. The molecule has 1 aliphatic carbocycles. The maximum absolute atomic E-state index is 9.09. The Kier molecular flexibility index (Phi) is 4.93. The Morgan fingerprint density at radius 2 is 1.91 bits per heavy atom. The van der Waals surface area contributed by atoms with Gasteiger partial charge in [0.05, 0.1) is 6.61 Å². The van der Waals surface area contributed by atoms with Crippen LogP contribution in [0.15, 0.2) is 0 Å². The molecule has 1 saturated heterocycles. The molecule has 1 aromatic heterocycles. The van der Waals surface area contributed by atoms with E-state index in [1.165, 1.54) is 29.9 Å². The zero-order chi connectivity index (χ0) is 15.5. The molecule has 3 rings (SSSR count). The fraction of sp³-hybridized carbons (Fsp3) is 0.765. The molecule has 0 bridgehead atoms. The summed E-state index contributed by atoms with van der Waals surface area (Å²) in [5.41, 5.74) is 2.69. The lowest BCUT2D eigenvalue weighted by Gasteiger charge is -2.38. The van der Waals surface area contributed by atoms with Gasteiger partial charge in [0.15, 0.2) is 0 Å². The molecule has 2 heterocycles. The van der Waals surface area contributed by atoms with Crippen molar-refractivity contribution >= 4 is 5.82 Å². The summed E-state index contributed by atoms with van der Waals surface area (Å²) in [6.45, 7) is 5.15. The summed E-state index contributed by atoms with van der Waals surface area (Å²) in [7, 11) is 2.12. The van der Waals surface area contributed by atoms with Crippen LogP contribution in [0.2, 0.25) is 0 Å². The topological polar surface area (TPSA) is 52.5 Å². The van der Waals surface area contributed by atoms with E-state index in [0.717, 1.165) is 51.1 Å². The number of anilines is 1. The van der Waals surface area contributed by atoms with Crippen LogP contribution in [0.4, 0.5) is 5.82 Å². The van der Waals surface area contributed by atoms with E-state index < -0.39 is 0 Å². The molecule has 0 unspecified atom stereocenters. The van der Waals surface area contributed by atoms with Crippen molar-refractivity contribution in [1.82, 2.24) is 14.9 Å². The predicted molar refractivity (Wildman–Crippen MR) is 88.4 cm³/mol. The Morgan fingerprint density at radius 3 is 2.64 bits per heavy atom. The zero-order valence-corrected chi connectivity index (χ0v) is 13.9. The number of rotatable bonds is 4. The molecular weight excluding hydrogens is 276 g/mol. The van der Waals surface area contributed by atoms with E-state index in [0.29, 0.717) is 6.04 Å². The van der Waals surface area contributed by atoms with Crippen LogP contribution in [0.3, 0.4) is 0 Å². The van der Waals surface area contributed by atoms with Gasteiger partial charge < -0.3 is 14.9 Å². The average Bonchev–Trinajstić information content (AvgIpc) is 2.54. The average molecular weight is 304 g/mol. The Bertz CT molecular complexity index is 512. The summed E-state index contributed by atoms with van der Waals surface area (Å²) in [6.07, 6.45) is 7.07. The molecule has 22 heavy (non-hydrogen) atoms. The van der Waals surface area contributed by atoms with Gasteiger partial charge in [-0.2, -0.15) is 0 Å². The molecule has 1 aliphatic heterocycles. The molecule has 1 N–H and O–H groups in total. The van der Waals surface area contributed by atoms with Gasteiger partial charge >= 0.3 is 0 Å². The first-order valence-corrected chi connectivity index (χ1v) is 8.61. The predicted octanol–water partition coefficient (Wildman–Crippen LogP) is 1.56. The number of nitrogens with zero attached hydrogens (tertiary/aromatic N) is 4. The summed E-state index contributed by atoms with van der Waals surface area (Å²) in [6, 6.07) is 0.585. The van der Waals surface area contributed by atoms with Gasteiger partial charge in [0.2, 0.25) is 0 Å². The maximum atomic E-state index is 9.09. The van der Waals surface area contributed by atoms with Crippen molar-refractivity contribution in [2.24, 2.45) is 0 Å². The third kappa shape index (κ3) is 3.25. The van der Waals surface area contributed by atoms with Crippen LogP contribution in [-0.4, -0.2) is 59.3 Å². The number of aromatic nitrogens is 2. The van der Waals surface area contributed by atoms with Crippen molar-refractivity contribution in [2.75, 3.05) is 38.2 Å². The monoisotopic (exact) mass is 304 g/mol. The van der Waals surface area contributed by atoms with Crippen LogP contribution in [0.5, 0.6) is 0 Å². The lowest BCUT2D eigenvalue weighted by atomic mass is 9.95. The summed E-state index contributed by atoms with van der Waals surface area (Å²) >= 11 is 0. The first kappa shape index (κ1) is 15.7. The molecule has 0 saturated carbocycles. The quantitative estimate of drug-likeness (QED) is 0.915. The van der Waals surface area contributed by atoms with E-state index in [9.17, 15) is 0 Å². The number of hydrogen-bond donors (Lipinski definition) is 1. The lowest BCUT2D eigenvalue weighted by molar-refractivity contribution is 0.161. The van der Waals surface area contributed by atoms with Crippen molar-refractivity contribution in [3.8, 4) is 0 Å². The number of aryl methyl sites for hydroxylation is 2. The largest absolute Gasteiger partial charge is 0.395 e. The molecule has 1 aromatic rings. The lowest BCUT2D eigenvalue weighted by Crippen LogP contribution is -2.45. The third-order valence-corrected chi connectivity index (χ3v) is 5.11. The van der Waals surface area contributed by atoms with Gasteiger partial charge in [-0.1, -0.05) is 0 Å². The molecular formula is C17H28N4O. The van der Waals surface area contributed by atoms with Crippen molar-refractivity contribution in [2.45, 2.75) is 51.5 Å². The van der Waals surface area contributed by atoms with Gasteiger partial charge in [-0.3, -0.25) is 0 Å². The maximum Gasteiger partial charge on any atom is 0.135 e. The number of piperidine rings is 1. The Balaban J connectivity index is 1.72. The van der Waals surface area contributed by atoms with Crippen LogP contribution >= 0.6 is 0 Å². The molecule has 0 amide bonds. The highest BCUT2D eigenvalue weighted by atomic mass is 16.3. The Hall–Kier alpha value is -1.20. The summed E-state index contributed by atoms with van der Waals surface area (Å²) in [5.74, 6) is 2.11. The molecule has 0 aromatic carbocycles. The zero-order valence-electron chi connectivity index (χ0n) is 13.9. The van der Waals surface area contributed by atoms with Crippen molar-refractivity contribution in [3.63, 3.8) is 0 Å². The number of likely N-dealkylation sites (N-methyl/N-ethyl adjacent to an activating group) is 1. The van der Waals surface area contributed by atoms with Crippen LogP contribution < -0.4 is 4.90 Å². The van der Waals surface area contributed by atoms with Crippen molar-refractivity contribution in [1.29, 1.82) is 0 Å². The molecule has 0 atom stereocenters. The first-order valence-electron chi connectivity index (χ1n) is 8.61. The smallest absolute Gasteiger partial charge is 0.135 e. The van der Waals surface area contributed by atoms with E-state index in [2.05, 4.69) is 21.8 Å². The van der Waals surface area contributed by atoms with Gasteiger partial charge in [-0.15, -0.1) is 0 Å². The van der Waals surface area contributed by atoms with Crippen LogP contribution in [-0.2, 0) is 12.8 Å². The fourth-order valence-electron chi connectivity index (χ4n) is 3.82. The SMILES string of the molecule is Cc1nc2c(c(N3CCC(N(C)CCO)CC3)n1)CCCC2. The highest BCUT2D eigenvalue weighted by Crippen LogP contribution is 2.30. The summed E-state index contributed by atoms with van der Waals surface area (Å²) in [4.78, 5) is 14.2. The molecule has 0 radical (unpaired) electrons. The van der Waals surface area contributed by atoms with E-state index in [1.807, 2.05) is 6.92 Å². The minimum Gasteiger partial charge on any atom is -0.395 e. The number of aliphatic hydroxyl groups is 1. The van der Waals surface area contributed by atoms with Crippen molar-refractivity contribution < 1.29 is 5.11 Å². The summed E-state index contributed by atoms with van der Waals surface area (Å²) in [5, 5.41) is 9.09. The number of fused-ring (bicyclic) bond motifs is 1. The van der Waals surface area contributed by atoms with E-state index in [-0.39, 0.29) is 6.61 Å². The van der Waals surface area contributed by atoms with Gasteiger partial charge in [0.1, 0.15) is 11.6 Å². The first-order chi connectivity index (χ1) is 10.7. The third-order valence-electron chi connectivity index (χ3n) is 5.11. The highest BCUT2D eigenvalue weighted by molar-refractivity contribution is 5.50. The molecule has 0 spiro atoms. The Labute approximate surface area is 133 Å². The molecule has 122 valence electrons. The van der Waals surface area contributed by atoms with E-state index >= 15 is 0 Å². The minimum absolute atomic E-state index is 0.245. The molecule has 5 heteroatoms. The van der Waals surface area contributed by atoms with Crippen LogP contribution in [0.25, 0.3) is 0 Å². The minimum atomic E-state index is 0.245. The number of aliphatic hydroxyl groups excluding tert-OH is 1. The van der Waals surface area contributed by atoms with Gasteiger partial charge in [0.25, 0.3) is 0 Å². The Morgan fingerprint density at radius 1 is 1.18 bits per heavy atom. The van der Waals surface area contributed by atoms with Crippen molar-refractivity contribution in [3.05, 3.63) is 17.1 Å². The van der Waals surface area contributed by atoms with Gasteiger partial charge in [-0.25, -0.2) is 9.97 Å².